The molecule has 0 radical (unpaired) electrons. The second-order valence-electron chi connectivity index (χ2n) is 7.87. The molecule has 0 fully saturated rings. The van der Waals surface area contributed by atoms with Crippen LogP contribution in [0.5, 0.6) is 0 Å². The number of hydrogen-bond donors (Lipinski definition) is 2. The highest BCUT2D eigenvalue weighted by Gasteiger charge is 2.21. The minimum Gasteiger partial charge on any atom is -0.367 e. The molecule has 0 saturated carbocycles. The second kappa shape index (κ2) is 10.0. The minimum absolute atomic E-state index is 0.198. The molecule has 34 heavy (non-hydrogen) atoms. The van der Waals surface area contributed by atoms with Gasteiger partial charge in [-0.05, 0) is 29.8 Å². The molecule has 1 amide bonds. The van der Waals surface area contributed by atoms with Crippen LogP contribution in [-0.4, -0.2) is 29.0 Å². The average molecular weight is 510 g/mol. The molecule has 0 unspecified atom stereocenters. The Morgan fingerprint density at radius 1 is 1.15 bits per heavy atom. The van der Waals surface area contributed by atoms with E-state index in [0.29, 0.717) is 28.7 Å². The molecule has 4 aromatic rings. The Morgan fingerprint density at radius 3 is 2.85 bits per heavy atom. The fourth-order valence-electron chi connectivity index (χ4n) is 3.79. The first-order chi connectivity index (χ1) is 16.6. The summed E-state index contributed by atoms with van der Waals surface area (Å²) in [5.74, 6) is 0.545. The zero-order chi connectivity index (χ0) is 23.5. The van der Waals surface area contributed by atoms with E-state index in [1.807, 2.05) is 47.8 Å². The van der Waals surface area contributed by atoms with Crippen LogP contribution in [0.3, 0.4) is 0 Å². The van der Waals surface area contributed by atoms with Crippen molar-refractivity contribution >= 4 is 52.0 Å². The molecule has 2 aromatic carbocycles. The number of fused-ring (bicyclic) bond motifs is 1. The number of carbonyl (C=O) groups excluding carboxylic acids is 1. The van der Waals surface area contributed by atoms with Crippen LogP contribution in [0.2, 0.25) is 10.0 Å². The molecular weight excluding hydrogens is 489 g/mol. The van der Waals surface area contributed by atoms with E-state index in [-0.39, 0.29) is 5.91 Å². The summed E-state index contributed by atoms with van der Waals surface area (Å²) in [7, 11) is 0. The molecule has 6 nitrogen and oxygen atoms in total. The van der Waals surface area contributed by atoms with Crippen molar-refractivity contribution in [2.45, 2.75) is 13.1 Å². The number of rotatable bonds is 6. The van der Waals surface area contributed by atoms with Crippen LogP contribution in [0.4, 0.5) is 11.5 Å². The summed E-state index contributed by atoms with van der Waals surface area (Å²) >= 11 is 14.1. The molecule has 0 atom stereocenters. The number of anilines is 2. The zero-order valence-electron chi connectivity index (χ0n) is 18.1. The van der Waals surface area contributed by atoms with Crippen molar-refractivity contribution in [1.82, 2.24) is 15.3 Å². The Hall–Kier alpha value is -3.13. The summed E-state index contributed by atoms with van der Waals surface area (Å²) in [5.41, 5.74) is 4.16. The molecule has 1 aliphatic rings. The van der Waals surface area contributed by atoms with Crippen LogP contribution in [0.25, 0.3) is 10.6 Å². The van der Waals surface area contributed by atoms with Crippen LogP contribution in [0.1, 0.15) is 21.6 Å². The summed E-state index contributed by atoms with van der Waals surface area (Å²) in [4.78, 5) is 24.2. The molecule has 0 aliphatic carbocycles. The lowest BCUT2D eigenvalue weighted by atomic mass is 10.1. The summed E-state index contributed by atoms with van der Waals surface area (Å²) in [6.07, 6.45) is 1.59. The van der Waals surface area contributed by atoms with Gasteiger partial charge in [0.05, 0.1) is 23.5 Å². The molecule has 0 saturated heterocycles. The Bertz CT molecular complexity index is 1330. The second-order valence-corrected chi connectivity index (χ2v) is 9.57. The third-order valence-corrected chi connectivity index (χ3v) is 7.06. The molecule has 5 rings (SSSR count). The van der Waals surface area contributed by atoms with Crippen molar-refractivity contribution in [1.29, 1.82) is 0 Å². The maximum Gasteiger partial charge on any atom is 0.253 e. The number of amides is 1. The van der Waals surface area contributed by atoms with Crippen molar-refractivity contribution in [2.75, 3.05) is 23.3 Å². The number of aromatic nitrogens is 2. The largest absolute Gasteiger partial charge is 0.367 e. The van der Waals surface area contributed by atoms with E-state index in [2.05, 4.69) is 25.5 Å². The fourth-order valence-corrected chi connectivity index (χ4v) is 4.99. The normalized spacial score (nSPS) is 12.7. The van der Waals surface area contributed by atoms with Gasteiger partial charge in [0.1, 0.15) is 10.8 Å². The smallest absolute Gasteiger partial charge is 0.253 e. The van der Waals surface area contributed by atoms with E-state index in [1.165, 1.54) is 0 Å². The number of nitrogens with one attached hydrogen (secondary N) is 2. The lowest BCUT2D eigenvalue weighted by Crippen LogP contribution is -2.34. The standard InChI is InChI=1S/C25H21Cl2N5OS/c26-19-6-7-21(27)18(10-19)14-32-9-8-28-23-22(32)11-17(12-29-23)24(33)30-13-20-15-34-25(31-20)16-4-2-1-3-5-16/h1-7,10-12,15H,8-9,13-14H2,(H,28,29)(H,30,33). The predicted octanol–water partition coefficient (Wildman–Crippen LogP) is 5.87. The number of thiazole rings is 1. The van der Waals surface area contributed by atoms with Gasteiger partial charge in [-0.3, -0.25) is 4.79 Å². The van der Waals surface area contributed by atoms with Gasteiger partial charge in [-0.25, -0.2) is 9.97 Å². The fraction of sp³-hybridized carbons (Fsp3) is 0.160. The molecule has 9 heteroatoms. The van der Waals surface area contributed by atoms with Crippen LogP contribution in [0, 0.1) is 0 Å². The van der Waals surface area contributed by atoms with Crippen molar-refractivity contribution in [2.24, 2.45) is 0 Å². The van der Waals surface area contributed by atoms with Gasteiger partial charge in [0, 0.05) is 46.8 Å². The molecule has 2 aromatic heterocycles. The Morgan fingerprint density at radius 2 is 2.00 bits per heavy atom. The number of hydrogen-bond acceptors (Lipinski definition) is 6. The molecule has 3 heterocycles. The molecule has 0 bridgehead atoms. The van der Waals surface area contributed by atoms with E-state index in [4.69, 9.17) is 23.2 Å². The topological polar surface area (TPSA) is 70.2 Å². The highest BCUT2D eigenvalue weighted by molar-refractivity contribution is 7.13. The van der Waals surface area contributed by atoms with Gasteiger partial charge >= 0.3 is 0 Å². The lowest BCUT2D eigenvalue weighted by molar-refractivity contribution is 0.0950. The van der Waals surface area contributed by atoms with Crippen LogP contribution in [-0.2, 0) is 13.1 Å². The van der Waals surface area contributed by atoms with Crippen molar-refractivity contribution < 1.29 is 4.79 Å². The van der Waals surface area contributed by atoms with Crippen molar-refractivity contribution in [3.63, 3.8) is 0 Å². The summed E-state index contributed by atoms with van der Waals surface area (Å²) in [5, 5.41) is 10.4. The lowest BCUT2D eigenvalue weighted by Gasteiger charge is -2.32. The van der Waals surface area contributed by atoms with Gasteiger partial charge in [-0.1, -0.05) is 53.5 Å². The zero-order valence-corrected chi connectivity index (χ0v) is 20.4. The summed E-state index contributed by atoms with van der Waals surface area (Å²) in [6, 6.07) is 17.3. The van der Waals surface area contributed by atoms with Gasteiger partial charge in [0.25, 0.3) is 5.91 Å². The Labute approximate surface area is 211 Å². The molecule has 0 spiro atoms. The number of carbonyl (C=O) groups is 1. The Kier molecular flexibility index (Phi) is 6.67. The van der Waals surface area contributed by atoms with E-state index < -0.39 is 0 Å². The monoisotopic (exact) mass is 509 g/mol. The number of pyridine rings is 1. The van der Waals surface area contributed by atoms with Crippen LogP contribution >= 0.6 is 34.5 Å². The first kappa shape index (κ1) is 22.7. The third-order valence-electron chi connectivity index (χ3n) is 5.52. The van der Waals surface area contributed by atoms with Crippen LogP contribution in [0.15, 0.2) is 66.2 Å². The molecule has 1 aliphatic heterocycles. The maximum absolute atomic E-state index is 12.9. The minimum atomic E-state index is -0.198. The van der Waals surface area contributed by atoms with Gasteiger partial charge in [-0.2, -0.15) is 0 Å². The van der Waals surface area contributed by atoms with Crippen molar-refractivity contribution in [3.8, 4) is 10.6 Å². The summed E-state index contributed by atoms with van der Waals surface area (Å²) < 4.78 is 0. The SMILES string of the molecule is O=C(NCc1csc(-c2ccccc2)n1)c1cnc2c(c1)N(Cc1cc(Cl)ccc1Cl)CCN2. The first-order valence-corrected chi connectivity index (χ1v) is 12.4. The average Bonchev–Trinajstić information content (AvgIpc) is 3.34. The molecule has 2 N–H and O–H groups in total. The number of benzene rings is 2. The first-order valence-electron chi connectivity index (χ1n) is 10.8. The third kappa shape index (κ3) is 5.01. The highest BCUT2D eigenvalue weighted by atomic mass is 35.5. The molecular formula is C25H21Cl2N5OS. The van der Waals surface area contributed by atoms with E-state index >= 15 is 0 Å². The van der Waals surface area contributed by atoms with E-state index in [0.717, 1.165) is 46.4 Å². The molecule has 172 valence electrons. The van der Waals surface area contributed by atoms with E-state index in [1.54, 1.807) is 29.7 Å². The van der Waals surface area contributed by atoms with Gasteiger partial charge in [-0.15, -0.1) is 11.3 Å². The van der Waals surface area contributed by atoms with Gasteiger partial charge in [0.15, 0.2) is 0 Å². The van der Waals surface area contributed by atoms with Crippen molar-refractivity contribution in [3.05, 3.63) is 93.0 Å². The van der Waals surface area contributed by atoms with E-state index in [9.17, 15) is 4.79 Å². The summed E-state index contributed by atoms with van der Waals surface area (Å²) in [6.45, 7) is 2.42. The highest BCUT2D eigenvalue weighted by Crippen LogP contribution is 2.31. The maximum atomic E-state index is 12.9. The Balaban J connectivity index is 1.29. The number of nitrogens with zero attached hydrogens (tertiary/aromatic N) is 3. The van der Waals surface area contributed by atoms with Crippen LogP contribution < -0.4 is 15.5 Å². The number of halogens is 2. The quantitative estimate of drug-likeness (QED) is 0.339. The predicted molar refractivity (Wildman–Crippen MR) is 139 cm³/mol. The van der Waals surface area contributed by atoms with Gasteiger partial charge < -0.3 is 15.5 Å². The van der Waals surface area contributed by atoms with Gasteiger partial charge in [0.2, 0.25) is 0 Å².